The minimum Gasteiger partial charge on any atom is -0.334 e. The molecule has 0 saturated carbocycles. The molecule has 2 fully saturated rings. The van der Waals surface area contributed by atoms with E-state index in [0.29, 0.717) is 12.5 Å². The fraction of sp³-hybridized carbons (Fsp3) is 0.591. The third-order valence-corrected chi connectivity index (χ3v) is 6.36. The first kappa shape index (κ1) is 20.8. The molecule has 162 valence electrons. The molecular weight excluding hydrogens is 378 g/mol. The molecule has 1 N–H and O–H groups in total. The number of rotatable bonds is 5. The molecule has 2 aromatic rings. The lowest BCUT2D eigenvalue weighted by Gasteiger charge is -2.32. The Hall–Kier alpha value is -2.45. The Morgan fingerprint density at radius 1 is 1.00 bits per heavy atom. The normalized spacial score (nSPS) is 19.2. The van der Waals surface area contributed by atoms with E-state index in [0.717, 1.165) is 70.0 Å². The number of urea groups is 1. The van der Waals surface area contributed by atoms with Gasteiger partial charge in [0.25, 0.3) is 0 Å². The number of carbonyl (C=O) groups excluding carboxylic acids is 1. The fourth-order valence-electron chi connectivity index (χ4n) is 4.32. The smallest absolute Gasteiger partial charge is 0.317 e. The Balaban J connectivity index is 1.20. The van der Waals surface area contributed by atoms with Crippen molar-refractivity contribution in [1.29, 1.82) is 0 Å². The summed E-state index contributed by atoms with van der Waals surface area (Å²) in [5.74, 6) is 1.40. The summed E-state index contributed by atoms with van der Waals surface area (Å²) < 4.78 is 1.98. The van der Waals surface area contributed by atoms with Crippen molar-refractivity contribution in [2.75, 3.05) is 46.3 Å². The van der Waals surface area contributed by atoms with E-state index in [1.807, 2.05) is 16.5 Å². The number of likely N-dealkylation sites (N-methyl/N-ethyl adjacent to an activating group) is 1. The summed E-state index contributed by atoms with van der Waals surface area (Å²) in [4.78, 5) is 19.3. The van der Waals surface area contributed by atoms with Gasteiger partial charge in [0.1, 0.15) is 12.2 Å². The molecule has 0 unspecified atom stereocenters. The SMILES string of the molecule is CN1CCN(Cc2ccc(CNC(=O)N3CCC(c4nncn4C)CC3)cc2)CC1. The van der Waals surface area contributed by atoms with Gasteiger partial charge in [-0.15, -0.1) is 10.2 Å². The van der Waals surface area contributed by atoms with Crippen LogP contribution in [0, 0.1) is 0 Å². The summed E-state index contributed by atoms with van der Waals surface area (Å²) in [5, 5.41) is 11.3. The molecule has 2 aliphatic rings. The largest absolute Gasteiger partial charge is 0.334 e. The van der Waals surface area contributed by atoms with Crippen molar-refractivity contribution in [2.24, 2.45) is 7.05 Å². The van der Waals surface area contributed by atoms with Gasteiger partial charge in [-0.2, -0.15) is 0 Å². The molecule has 0 bridgehead atoms. The van der Waals surface area contributed by atoms with Crippen molar-refractivity contribution < 1.29 is 4.79 Å². The Morgan fingerprint density at radius 3 is 2.30 bits per heavy atom. The second kappa shape index (κ2) is 9.57. The van der Waals surface area contributed by atoms with Crippen LogP contribution in [0.3, 0.4) is 0 Å². The van der Waals surface area contributed by atoms with E-state index >= 15 is 0 Å². The topological polar surface area (TPSA) is 69.5 Å². The summed E-state index contributed by atoms with van der Waals surface area (Å²) in [6.45, 7) is 7.61. The molecular formula is C22H33N7O. The zero-order valence-electron chi connectivity index (χ0n) is 18.1. The van der Waals surface area contributed by atoms with Gasteiger partial charge in [-0.05, 0) is 31.0 Å². The number of piperazine rings is 1. The van der Waals surface area contributed by atoms with Crippen LogP contribution in [0.1, 0.15) is 35.7 Å². The summed E-state index contributed by atoms with van der Waals surface area (Å²) in [6, 6.07) is 8.66. The van der Waals surface area contributed by atoms with Crippen LogP contribution in [0.25, 0.3) is 0 Å². The number of hydrogen-bond acceptors (Lipinski definition) is 5. The van der Waals surface area contributed by atoms with E-state index in [2.05, 4.69) is 56.6 Å². The Kier molecular flexibility index (Phi) is 6.64. The van der Waals surface area contributed by atoms with Crippen molar-refractivity contribution >= 4 is 6.03 Å². The standard InChI is InChI=1S/C22H33N7O/c1-26-11-13-28(14-12-26)16-19-5-3-18(4-6-19)15-23-22(30)29-9-7-20(8-10-29)21-25-24-17-27(21)2/h3-6,17,20H,7-16H2,1-2H3,(H,23,30). The van der Waals surface area contributed by atoms with Crippen LogP contribution >= 0.6 is 0 Å². The highest BCUT2D eigenvalue weighted by Crippen LogP contribution is 2.26. The second-order valence-electron chi connectivity index (χ2n) is 8.62. The molecule has 0 atom stereocenters. The molecule has 30 heavy (non-hydrogen) atoms. The number of benzene rings is 1. The van der Waals surface area contributed by atoms with Gasteiger partial charge in [0.2, 0.25) is 0 Å². The van der Waals surface area contributed by atoms with Crippen LogP contribution in [-0.4, -0.2) is 81.8 Å². The molecule has 0 spiro atoms. The predicted octanol–water partition coefficient (Wildman–Crippen LogP) is 1.65. The van der Waals surface area contributed by atoms with E-state index in [-0.39, 0.29) is 6.03 Å². The van der Waals surface area contributed by atoms with Gasteiger partial charge in [0.05, 0.1) is 0 Å². The average molecular weight is 412 g/mol. The van der Waals surface area contributed by atoms with Crippen molar-refractivity contribution in [1.82, 2.24) is 34.8 Å². The molecule has 8 heteroatoms. The minimum atomic E-state index is 0.0212. The number of piperidine rings is 1. The van der Waals surface area contributed by atoms with E-state index in [1.54, 1.807) is 6.33 Å². The van der Waals surface area contributed by atoms with Crippen LogP contribution in [0.4, 0.5) is 4.79 Å². The number of carbonyl (C=O) groups is 1. The first-order valence-electron chi connectivity index (χ1n) is 10.9. The van der Waals surface area contributed by atoms with Crippen molar-refractivity contribution in [3.63, 3.8) is 0 Å². The zero-order chi connectivity index (χ0) is 20.9. The highest BCUT2D eigenvalue weighted by atomic mass is 16.2. The quantitative estimate of drug-likeness (QED) is 0.810. The minimum absolute atomic E-state index is 0.0212. The molecule has 8 nitrogen and oxygen atoms in total. The first-order chi connectivity index (χ1) is 14.6. The maximum atomic E-state index is 12.6. The Morgan fingerprint density at radius 2 is 1.67 bits per heavy atom. The molecule has 1 aromatic heterocycles. The molecule has 2 aliphatic heterocycles. The number of nitrogens with zero attached hydrogens (tertiary/aromatic N) is 6. The zero-order valence-corrected chi connectivity index (χ0v) is 18.1. The predicted molar refractivity (Wildman–Crippen MR) is 116 cm³/mol. The van der Waals surface area contributed by atoms with Gasteiger partial charge in [0.15, 0.2) is 0 Å². The van der Waals surface area contributed by atoms with Crippen molar-refractivity contribution in [3.8, 4) is 0 Å². The Bertz CT molecular complexity index is 818. The van der Waals surface area contributed by atoms with E-state index in [4.69, 9.17) is 0 Å². The van der Waals surface area contributed by atoms with E-state index in [9.17, 15) is 4.79 Å². The van der Waals surface area contributed by atoms with Crippen LogP contribution in [0.15, 0.2) is 30.6 Å². The monoisotopic (exact) mass is 411 g/mol. The van der Waals surface area contributed by atoms with E-state index in [1.165, 1.54) is 5.56 Å². The summed E-state index contributed by atoms with van der Waals surface area (Å²) in [6.07, 6.45) is 3.60. The van der Waals surface area contributed by atoms with Gasteiger partial charge in [-0.25, -0.2) is 4.79 Å². The lowest BCUT2D eigenvalue weighted by atomic mass is 9.96. The molecule has 0 radical (unpaired) electrons. The third kappa shape index (κ3) is 5.17. The molecule has 4 rings (SSSR count). The van der Waals surface area contributed by atoms with Gasteiger partial charge in [-0.3, -0.25) is 4.90 Å². The fourth-order valence-corrected chi connectivity index (χ4v) is 4.32. The van der Waals surface area contributed by atoms with Gasteiger partial charge in [0, 0.05) is 65.3 Å². The third-order valence-electron chi connectivity index (χ3n) is 6.36. The molecule has 2 amide bonds. The first-order valence-corrected chi connectivity index (χ1v) is 10.9. The number of amides is 2. The molecule has 0 aliphatic carbocycles. The molecule has 2 saturated heterocycles. The number of likely N-dealkylation sites (tertiary alicyclic amines) is 1. The summed E-state index contributed by atoms with van der Waals surface area (Å²) in [7, 11) is 4.16. The van der Waals surface area contributed by atoms with Crippen LogP contribution in [-0.2, 0) is 20.1 Å². The maximum Gasteiger partial charge on any atom is 0.317 e. The van der Waals surface area contributed by atoms with Crippen LogP contribution < -0.4 is 5.32 Å². The number of nitrogens with one attached hydrogen (secondary N) is 1. The van der Waals surface area contributed by atoms with E-state index < -0.39 is 0 Å². The van der Waals surface area contributed by atoms with Gasteiger partial charge in [-0.1, -0.05) is 24.3 Å². The molecule has 3 heterocycles. The second-order valence-corrected chi connectivity index (χ2v) is 8.62. The van der Waals surface area contributed by atoms with Crippen molar-refractivity contribution in [3.05, 3.63) is 47.5 Å². The summed E-state index contributed by atoms with van der Waals surface area (Å²) >= 11 is 0. The van der Waals surface area contributed by atoms with Gasteiger partial charge < -0.3 is 19.7 Å². The van der Waals surface area contributed by atoms with Crippen LogP contribution in [0.5, 0.6) is 0 Å². The van der Waals surface area contributed by atoms with Crippen LogP contribution in [0.2, 0.25) is 0 Å². The highest BCUT2D eigenvalue weighted by Gasteiger charge is 2.26. The maximum absolute atomic E-state index is 12.6. The number of aromatic nitrogens is 3. The number of hydrogen-bond donors (Lipinski definition) is 1. The van der Waals surface area contributed by atoms with Crippen molar-refractivity contribution in [2.45, 2.75) is 31.8 Å². The Labute approximate surface area is 178 Å². The number of aryl methyl sites for hydroxylation is 1. The highest BCUT2D eigenvalue weighted by molar-refractivity contribution is 5.74. The summed E-state index contributed by atoms with van der Waals surface area (Å²) in [5.41, 5.74) is 2.47. The van der Waals surface area contributed by atoms with Gasteiger partial charge >= 0.3 is 6.03 Å². The molecule has 1 aromatic carbocycles. The lowest BCUT2D eigenvalue weighted by molar-refractivity contribution is 0.148. The lowest BCUT2D eigenvalue weighted by Crippen LogP contribution is -2.44. The average Bonchev–Trinajstić information content (AvgIpc) is 3.20.